The lowest BCUT2D eigenvalue weighted by molar-refractivity contribution is 0.477. The molecule has 0 amide bonds. The summed E-state index contributed by atoms with van der Waals surface area (Å²) in [7, 11) is 0. The molecule has 0 saturated heterocycles. The van der Waals surface area contributed by atoms with Gasteiger partial charge in [-0.25, -0.2) is 0 Å². The number of para-hydroxylation sites is 3. The van der Waals surface area contributed by atoms with Crippen LogP contribution in [0.25, 0.3) is 38.6 Å². The Morgan fingerprint density at radius 2 is 1.64 bits per heavy atom. The molecule has 0 radical (unpaired) electrons. The minimum atomic E-state index is -0.558. The van der Waals surface area contributed by atoms with Crippen LogP contribution in [-0.2, 0) is 0 Å². The number of hydrogen-bond donors (Lipinski definition) is 1. The number of rotatable bonds is 4. The maximum atomic E-state index is 10.8. The molecule has 5 atom stereocenters. The second kappa shape index (κ2) is 12.0. The van der Waals surface area contributed by atoms with Crippen molar-refractivity contribution in [2.24, 2.45) is 17.8 Å². The Labute approximate surface area is 293 Å². The van der Waals surface area contributed by atoms with Gasteiger partial charge in [-0.1, -0.05) is 97.1 Å². The molecule has 3 aliphatic carbocycles. The molecule has 1 aliphatic heterocycles. The summed E-state index contributed by atoms with van der Waals surface area (Å²) in [4.78, 5) is 2.43. The van der Waals surface area contributed by atoms with E-state index in [2.05, 4.69) is 113 Å². The molecule has 0 spiro atoms. The predicted octanol–water partition coefficient (Wildman–Crippen LogP) is 10.5. The first-order valence-electron chi connectivity index (χ1n) is 17.9. The molecule has 5 nitrogen and oxygen atoms in total. The zero-order valence-electron chi connectivity index (χ0n) is 28.1. The fraction of sp³-hybridized carbons (Fsp3) is 0.244. The van der Waals surface area contributed by atoms with Crippen LogP contribution in [0.2, 0.25) is 0 Å². The van der Waals surface area contributed by atoms with Gasteiger partial charge in [-0.15, -0.1) is 0 Å². The van der Waals surface area contributed by atoms with Crippen LogP contribution >= 0.6 is 0 Å². The van der Waals surface area contributed by atoms with Crippen molar-refractivity contribution >= 4 is 33.2 Å². The van der Waals surface area contributed by atoms with Gasteiger partial charge in [0.25, 0.3) is 0 Å². The van der Waals surface area contributed by atoms with Crippen LogP contribution in [-0.4, -0.2) is 15.7 Å². The maximum Gasteiger partial charge on any atom is 0.123 e. The molecule has 2 heterocycles. The first-order valence-corrected chi connectivity index (χ1v) is 17.9. The van der Waals surface area contributed by atoms with E-state index in [4.69, 9.17) is 0 Å². The van der Waals surface area contributed by atoms with Gasteiger partial charge in [0.2, 0.25) is 0 Å². The standard InChI is InChI=1S/C45H38N4O/c1-28-32(37-16-5-9-20-43(37)50)23-24-38-36-15-4-6-17-40(36)48(44(28)38)31-12-10-11-29(25-31)33-22-21-30(26-46)39(27-47)45(33)49-41-18-7-2-13-34(41)35-14-3-8-19-42(35)49/h2,4-9,13,15-25,29-30,35,39,42,50H,3,10-12,14H2,1H3. The highest BCUT2D eigenvalue weighted by molar-refractivity contribution is 6.12. The Hall–Kier alpha value is -5.78. The number of phenols is 1. The third-order valence-electron chi connectivity index (χ3n) is 11.6. The highest BCUT2D eigenvalue weighted by atomic mass is 16.3. The summed E-state index contributed by atoms with van der Waals surface area (Å²) < 4.78 is 2.45. The summed E-state index contributed by atoms with van der Waals surface area (Å²) in [6.45, 7) is 2.17. The molecule has 244 valence electrons. The van der Waals surface area contributed by atoms with Gasteiger partial charge in [-0.3, -0.25) is 0 Å². The summed E-state index contributed by atoms with van der Waals surface area (Å²) in [5, 5.41) is 34.2. The second-order valence-electron chi connectivity index (χ2n) is 14.2. The molecule has 4 aliphatic rings. The minimum Gasteiger partial charge on any atom is -0.507 e. The number of hydrogen-bond acceptors (Lipinski definition) is 4. The minimum absolute atomic E-state index is 0.0807. The van der Waals surface area contributed by atoms with Crippen molar-refractivity contribution in [3.05, 3.63) is 138 Å². The van der Waals surface area contributed by atoms with Gasteiger partial charge in [0.15, 0.2) is 0 Å². The molecule has 0 saturated carbocycles. The van der Waals surface area contributed by atoms with Crippen LogP contribution < -0.4 is 4.90 Å². The Bertz CT molecular complexity index is 2410. The number of allylic oxidation sites excluding steroid dienone is 7. The van der Waals surface area contributed by atoms with E-state index < -0.39 is 11.8 Å². The molecule has 5 unspecified atom stereocenters. The normalized spacial score (nSPS) is 24.2. The summed E-state index contributed by atoms with van der Waals surface area (Å²) in [5.41, 5.74) is 11.2. The van der Waals surface area contributed by atoms with Crippen LogP contribution in [0.15, 0.2) is 127 Å². The van der Waals surface area contributed by atoms with E-state index in [-0.39, 0.29) is 17.7 Å². The molecule has 1 aromatic heterocycles. The average Bonchev–Trinajstić information content (AvgIpc) is 3.68. The summed E-state index contributed by atoms with van der Waals surface area (Å²) >= 11 is 0. The zero-order valence-corrected chi connectivity index (χ0v) is 28.1. The number of benzene rings is 4. The second-order valence-corrected chi connectivity index (χ2v) is 14.2. The van der Waals surface area contributed by atoms with E-state index in [1.54, 1.807) is 6.07 Å². The number of phenolic OH excluding ortho intramolecular Hbond substituents is 1. The van der Waals surface area contributed by atoms with Crippen molar-refractivity contribution in [3.63, 3.8) is 0 Å². The van der Waals surface area contributed by atoms with E-state index in [0.29, 0.717) is 5.92 Å². The average molecular weight is 651 g/mol. The third kappa shape index (κ3) is 4.50. The van der Waals surface area contributed by atoms with Crippen LogP contribution in [0.4, 0.5) is 5.69 Å². The summed E-state index contributed by atoms with van der Waals surface area (Å²) in [6, 6.07) is 34.4. The lowest BCUT2D eigenvalue weighted by atomic mass is 9.76. The number of fused-ring (bicyclic) bond motifs is 6. The van der Waals surface area contributed by atoms with Crippen LogP contribution in [0.1, 0.15) is 49.1 Å². The number of nitrogens with zero attached hydrogens (tertiary/aromatic N) is 4. The lowest BCUT2D eigenvalue weighted by Crippen LogP contribution is -2.39. The highest BCUT2D eigenvalue weighted by Gasteiger charge is 2.44. The molecular formula is C45H38N4O. The van der Waals surface area contributed by atoms with E-state index in [0.717, 1.165) is 65.6 Å². The molecule has 0 bridgehead atoms. The fourth-order valence-corrected chi connectivity index (χ4v) is 9.36. The Morgan fingerprint density at radius 1 is 0.820 bits per heavy atom. The van der Waals surface area contributed by atoms with Crippen LogP contribution in [0, 0.1) is 47.3 Å². The first kappa shape index (κ1) is 30.3. The SMILES string of the molecule is Cc1c(-c2ccccc2O)ccc2c3ccccc3n(C3=CC(C4=C(N5c6ccccc6C6CCC=CC65)C(C#N)C(C#N)C=C4)CCC3)c12. The molecule has 5 aromatic rings. The van der Waals surface area contributed by atoms with Gasteiger partial charge in [-0.2, -0.15) is 10.5 Å². The maximum absolute atomic E-state index is 10.8. The van der Waals surface area contributed by atoms with E-state index in [1.807, 2.05) is 24.3 Å². The van der Waals surface area contributed by atoms with Gasteiger partial charge in [-0.05, 0) is 79.5 Å². The molecule has 9 rings (SSSR count). The third-order valence-corrected chi connectivity index (χ3v) is 11.6. The first-order chi connectivity index (χ1) is 24.6. The van der Waals surface area contributed by atoms with Crippen molar-refractivity contribution in [1.82, 2.24) is 4.57 Å². The molecule has 5 heteroatoms. The lowest BCUT2D eigenvalue weighted by Gasteiger charge is -2.39. The van der Waals surface area contributed by atoms with Crippen molar-refractivity contribution in [3.8, 4) is 29.0 Å². The number of aromatic nitrogens is 1. The van der Waals surface area contributed by atoms with Crippen molar-refractivity contribution in [1.29, 1.82) is 10.5 Å². The molecule has 50 heavy (non-hydrogen) atoms. The highest BCUT2D eigenvalue weighted by Crippen LogP contribution is 2.52. The molecular weight excluding hydrogens is 613 g/mol. The Balaban J connectivity index is 1.26. The van der Waals surface area contributed by atoms with Crippen LogP contribution in [0.3, 0.4) is 0 Å². The monoisotopic (exact) mass is 650 g/mol. The van der Waals surface area contributed by atoms with Crippen LogP contribution in [0.5, 0.6) is 5.75 Å². The van der Waals surface area contributed by atoms with Gasteiger partial charge in [0, 0.05) is 45.3 Å². The van der Waals surface area contributed by atoms with E-state index >= 15 is 0 Å². The number of aromatic hydroxyl groups is 1. The predicted molar refractivity (Wildman–Crippen MR) is 201 cm³/mol. The van der Waals surface area contributed by atoms with Gasteiger partial charge in [0.05, 0.1) is 35.1 Å². The number of aryl methyl sites for hydroxylation is 1. The molecule has 1 N–H and O–H groups in total. The number of nitriles is 2. The smallest absolute Gasteiger partial charge is 0.123 e. The largest absolute Gasteiger partial charge is 0.507 e. The Morgan fingerprint density at radius 3 is 2.50 bits per heavy atom. The molecule has 0 fully saturated rings. The summed E-state index contributed by atoms with van der Waals surface area (Å²) in [5.74, 6) is -0.335. The van der Waals surface area contributed by atoms with Crippen molar-refractivity contribution in [2.45, 2.75) is 51.0 Å². The van der Waals surface area contributed by atoms with E-state index in [9.17, 15) is 15.6 Å². The quantitative estimate of drug-likeness (QED) is 0.196. The number of anilines is 1. The Kier molecular flexibility index (Phi) is 7.25. The van der Waals surface area contributed by atoms with Gasteiger partial charge < -0.3 is 14.6 Å². The topological polar surface area (TPSA) is 76.0 Å². The zero-order chi connectivity index (χ0) is 33.9. The van der Waals surface area contributed by atoms with Gasteiger partial charge in [0.1, 0.15) is 11.7 Å². The summed E-state index contributed by atoms with van der Waals surface area (Å²) in [6.07, 6.45) is 16.2. The molecule has 4 aromatic carbocycles. The van der Waals surface area contributed by atoms with Gasteiger partial charge >= 0.3 is 0 Å². The van der Waals surface area contributed by atoms with Crippen molar-refractivity contribution < 1.29 is 5.11 Å². The van der Waals surface area contributed by atoms with Crippen molar-refractivity contribution in [2.75, 3.05) is 4.90 Å². The fourth-order valence-electron chi connectivity index (χ4n) is 9.36. The van der Waals surface area contributed by atoms with E-state index in [1.165, 1.54) is 33.2 Å².